The van der Waals surface area contributed by atoms with Gasteiger partial charge in [-0.25, -0.2) is 0 Å². The molecule has 3 fully saturated rings. The van der Waals surface area contributed by atoms with Gasteiger partial charge < -0.3 is 15.3 Å². The number of hydrogen-bond acceptors (Lipinski definition) is 3. The van der Waals surface area contributed by atoms with E-state index in [9.17, 15) is 5.11 Å². The molecular formula is C14H28N2O. The van der Waals surface area contributed by atoms with Gasteiger partial charge in [0, 0.05) is 19.1 Å². The van der Waals surface area contributed by atoms with Crippen LogP contribution < -0.4 is 5.32 Å². The Morgan fingerprint density at radius 2 is 1.94 bits per heavy atom. The van der Waals surface area contributed by atoms with Crippen LogP contribution in [-0.4, -0.2) is 48.3 Å². The van der Waals surface area contributed by atoms with Crippen molar-refractivity contribution in [3.63, 3.8) is 0 Å². The zero-order chi connectivity index (χ0) is 12.5. The van der Waals surface area contributed by atoms with Gasteiger partial charge in [-0.05, 0) is 43.7 Å². The van der Waals surface area contributed by atoms with Gasteiger partial charge in [0.15, 0.2) is 0 Å². The molecule has 17 heavy (non-hydrogen) atoms. The highest BCUT2D eigenvalue weighted by Crippen LogP contribution is 2.27. The first-order valence-electron chi connectivity index (χ1n) is 7.08. The third-order valence-corrected chi connectivity index (χ3v) is 4.12. The van der Waals surface area contributed by atoms with Crippen LogP contribution in [0.15, 0.2) is 0 Å². The molecule has 2 N–H and O–H groups in total. The second-order valence-corrected chi connectivity index (χ2v) is 7.07. The average Bonchev–Trinajstić information content (AvgIpc) is 2.26. The van der Waals surface area contributed by atoms with Gasteiger partial charge in [-0.1, -0.05) is 20.8 Å². The number of nitrogens with zero attached hydrogens (tertiary/aromatic N) is 1. The Labute approximate surface area is 106 Å². The lowest BCUT2D eigenvalue weighted by atomic mass is 9.83. The van der Waals surface area contributed by atoms with Crippen molar-refractivity contribution < 1.29 is 5.11 Å². The van der Waals surface area contributed by atoms with Gasteiger partial charge in [0.25, 0.3) is 0 Å². The van der Waals surface area contributed by atoms with Crippen LogP contribution in [0.2, 0.25) is 0 Å². The van der Waals surface area contributed by atoms with Crippen LogP contribution in [0, 0.1) is 11.3 Å². The molecular weight excluding hydrogens is 212 g/mol. The van der Waals surface area contributed by atoms with E-state index in [-0.39, 0.29) is 11.5 Å². The van der Waals surface area contributed by atoms with E-state index in [2.05, 4.69) is 31.0 Å². The van der Waals surface area contributed by atoms with Crippen LogP contribution in [0.1, 0.15) is 40.0 Å². The summed E-state index contributed by atoms with van der Waals surface area (Å²) in [5.41, 5.74) is 0.218. The van der Waals surface area contributed by atoms with E-state index in [4.69, 9.17) is 0 Å². The highest BCUT2D eigenvalue weighted by atomic mass is 16.3. The van der Waals surface area contributed by atoms with Gasteiger partial charge in [0.05, 0.1) is 6.10 Å². The van der Waals surface area contributed by atoms with Gasteiger partial charge in [-0.3, -0.25) is 0 Å². The molecule has 100 valence electrons. The first-order chi connectivity index (χ1) is 7.94. The molecule has 2 unspecified atom stereocenters. The fraction of sp³-hybridized carbons (Fsp3) is 1.00. The van der Waals surface area contributed by atoms with Gasteiger partial charge >= 0.3 is 0 Å². The highest BCUT2D eigenvalue weighted by Gasteiger charge is 2.33. The van der Waals surface area contributed by atoms with E-state index in [0.717, 1.165) is 18.9 Å². The molecule has 3 nitrogen and oxygen atoms in total. The molecule has 0 aromatic rings. The van der Waals surface area contributed by atoms with Gasteiger partial charge in [0.2, 0.25) is 0 Å². The fourth-order valence-electron chi connectivity index (χ4n) is 3.26. The molecule has 0 radical (unpaired) electrons. The molecule has 3 saturated heterocycles. The van der Waals surface area contributed by atoms with Crippen LogP contribution in [0.5, 0.6) is 0 Å². The van der Waals surface area contributed by atoms with Crippen molar-refractivity contribution in [3.05, 3.63) is 0 Å². The van der Waals surface area contributed by atoms with Gasteiger partial charge in [-0.2, -0.15) is 0 Å². The van der Waals surface area contributed by atoms with Crippen molar-refractivity contribution in [2.24, 2.45) is 11.3 Å². The van der Waals surface area contributed by atoms with E-state index in [1.807, 2.05) is 0 Å². The van der Waals surface area contributed by atoms with E-state index in [0.29, 0.717) is 6.04 Å². The van der Waals surface area contributed by atoms with E-state index in [1.54, 1.807) is 0 Å². The third kappa shape index (κ3) is 3.94. The molecule has 3 heterocycles. The number of hydrogen-bond donors (Lipinski definition) is 2. The summed E-state index contributed by atoms with van der Waals surface area (Å²) in [6.45, 7) is 11.1. The van der Waals surface area contributed by atoms with Crippen LogP contribution in [-0.2, 0) is 0 Å². The molecule has 2 bridgehead atoms. The maximum atomic E-state index is 10.0. The molecule has 2 atom stereocenters. The monoisotopic (exact) mass is 240 g/mol. The summed E-state index contributed by atoms with van der Waals surface area (Å²) in [6.07, 6.45) is 3.35. The number of fused-ring (bicyclic) bond motifs is 3. The molecule has 3 aliphatic rings. The minimum Gasteiger partial charge on any atom is -0.392 e. The van der Waals surface area contributed by atoms with Crippen molar-refractivity contribution in [1.82, 2.24) is 10.2 Å². The summed E-state index contributed by atoms with van der Waals surface area (Å²) in [5, 5.41) is 13.6. The summed E-state index contributed by atoms with van der Waals surface area (Å²) in [4.78, 5) is 2.55. The first-order valence-corrected chi connectivity index (χ1v) is 7.08. The van der Waals surface area contributed by atoms with Crippen LogP contribution in [0.25, 0.3) is 0 Å². The highest BCUT2D eigenvalue weighted by molar-refractivity contribution is 4.91. The predicted molar refractivity (Wildman–Crippen MR) is 71.0 cm³/mol. The number of piperidine rings is 3. The lowest BCUT2D eigenvalue weighted by Crippen LogP contribution is -2.57. The van der Waals surface area contributed by atoms with E-state index >= 15 is 0 Å². The summed E-state index contributed by atoms with van der Waals surface area (Å²) in [6, 6.07) is 0.618. The van der Waals surface area contributed by atoms with Crippen LogP contribution >= 0.6 is 0 Å². The number of aliphatic hydroxyl groups is 1. The molecule has 0 aromatic heterocycles. The minimum atomic E-state index is -0.203. The van der Waals surface area contributed by atoms with Crippen molar-refractivity contribution in [2.45, 2.75) is 52.2 Å². The predicted octanol–water partition coefficient (Wildman–Crippen LogP) is 1.47. The molecule has 3 rings (SSSR count). The molecule has 0 spiro atoms. The standard InChI is InChI=1S/C14H28N2O/c1-14(2,3)8-12(17)9-15-13-10-16-6-4-11(13)5-7-16/h11-13,15,17H,4-10H2,1-3H3. The molecule has 3 aliphatic heterocycles. The van der Waals surface area contributed by atoms with Crippen molar-refractivity contribution >= 4 is 0 Å². The zero-order valence-corrected chi connectivity index (χ0v) is 11.6. The number of nitrogens with one attached hydrogen (secondary N) is 1. The second kappa shape index (κ2) is 5.25. The maximum Gasteiger partial charge on any atom is 0.0669 e. The Morgan fingerprint density at radius 3 is 2.41 bits per heavy atom. The third-order valence-electron chi connectivity index (χ3n) is 4.12. The fourth-order valence-corrected chi connectivity index (χ4v) is 3.26. The normalized spacial score (nSPS) is 34.9. The van der Waals surface area contributed by atoms with Crippen molar-refractivity contribution in [3.8, 4) is 0 Å². The lowest BCUT2D eigenvalue weighted by molar-refractivity contribution is 0.0574. The molecule has 0 aliphatic carbocycles. The Balaban J connectivity index is 1.71. The van der Waals surface area contributed by atoms with E-state index < -0.39 is 0 Å². The summed E-state index contributed by atoms with van der Waals surface area (Å²) in [5.74, 6) is 0.849. The molecule has 3 heteroatoms. The van der Waals surface area contributed by atoms with Gasteiger partial charge in [-0.15, -0.1) is 0 Å². The Morgan fingerprint density at radius 1 is 1.29 bits per heavy atom. The topological polar surface area (TPSA) is 35.5 Å². The molecule has 0 saturated carbocycles. The Hall–Kier alpha value is -0.120. The smallest absolute Gasteiger partial charge is 0.0669 e. The average molecular weight is 240 g/mol. The number of aliphatic hydroxyl groups excluding tert-OH is 1. The first kappa shape index (κ1) is 13.3. The lowest BCUT2D eigenvalue weighted by Gasteiger charge is -2.45. The van der Waals surface area contributed by atoms with Crippen molar-refractivity contribution in [2.75, 3.05) is 26.2 Å². The molecule has 0 amide bonds. The minimum absolute atomic E-state index is 0.203. The summed E-state index contributed by atoms with van der Waals surface area (Å²) in [7, 11) is 0. The number of rotatable bonds is 4. The summed E-state index contributed by atoms with van der Waals surface area (Å²) < 4.78 is 0. The molecule has 0 aromatic carbocycles. The SMILES string of the molecule is CC(C)(C)CC(O)CNC1CN2CCC1CC2. The van der Waals surface area contributed by atoms with Crippen LogP contribution in [0.3, 0.4) is 0 Å². The van der Waals surface area contributed by atoms with E-state index in [1.165, 1.54) is 32.5 Å². The Kier molecular flexibility index (Phi) is 4.11. The van der Waals surface area contributed by atoms with Crippen molar-refractivity contribution in [1.29, 1.82) is 0 Å². The largest absolute Gasteiger partial charge is 0.392 e. The summed E-state index contributed by atoms with van der Waals surface area (Å²) >= 11 is 0. The Bertz CT molecular complexity index is 241. The maximum absolute atomic E-state index is 10.0. The van der Waals surface area contributed by atoms with Crippen LogP contribution in [0.4, 0.5) is 0 Å². The zero-order valence-electron chi connectivity index (χ0n) is 11.6. The second-order valence-electron chi connectivity index (χ2n) is 7.07. The quantitative estimate of drug-likeness (QED) is 0.781. The van der Waals surface area contributed by atoms with Gasteiger partial charge in [0.1, 0.15) is 0 Å².